The summed E-state index contributed by atoms with van der Waals surface area (Å²) in [7, 11) is 1.63. The van der Waals surface area contributed by atoms with Gasteiger partial charge in [-0.1, -0.05) is 31.0 Å². The third kappa shape index (κ3) is 4.56. The molecule has 3 rings (SSSR count). The number of aromatic amines is 1. The van der Waals surface area contributed by atoms with Gasteiger partial charge in [0.2, 0.25) is 0 Å². The van der Waals surface area contributed by atoms with Gasteiger partial charge in [0.25, 0.3) is 5.56 Å². The third-order valence-electron chi connectivity index (χ3n) is 4.63. The van der Waals surface area contributed by atoms with E-state index >= 15 is 0 Å². The summed E-state index contributed by atoms with van der Waals surface area (Å²) in [4.78, 5) is 43.5. The van der Waals surface area contributed by atoms with E-state index in [9.17, 15) is 14.4 Å². The number of imidazole rings is 1. The Labute approximate surface area is 177 Å². The zero-order chi connectivity index (χ0) is 21.8. The summed E-state index contributed by atoms with van der Waals surface area (Å²) >= 11 is 5.91. The first-order chi connectivity index (χ1) is 14.3. The molecule has 1 N–H and O–H groups in total. The van der Waals surface area contributed by atoms with E-state index in [1.807, 2.05) is 6.92 Å². The Kier molecular flexibility index (Phi) is 6.61. The molecule has 10 heteroatoms. The maximum atomic E-state index is 12.3. The number of nitrogens with zero attached hydrogens (tertiary/aromatic N) is 3. The SMILES string of the molecule is CCCCn1c(=O)[nH]c(=O)c2c1nc(COC(=O)C(C)Oc1cccc(Cl)c1)n2C. The standard InChI is InChI=1S/C20H23ClN4O5/c1-4-5-9-25-17-16(18(26)23-20(25)28)24(3)15(22-17)11-29-19(27)12(2)30-14-8-6-7-13(21)10-14/h6-8,10,12H,4-5,9,11H2,1-3H3,(H,23,26,28). The molecule has 1 unspecified atom stereocenters. The minimum atomic E-state index is -0.871. The number of aromatic nitrogens is 4. The quantitative estimate of drug-likeness (QED) is 0.545. The van der Waals surface area contributed by atoms with Gasteiger partial charge in [-0.3, -0.25) is 14.3 Å². The van der Waals surface area contributed by atoms with Crippen LogP contribution in [0.2, 0.25) is 5.02 Å². The number of hydrogen-bond acceptors (Lipinski definition) is 6. The van der Waals surface area contributed by atoms with E-state index in [2.05, 4.69) is 9.97 Å². The topological polar surface area (TPSA) is 108 Å². The van der Waals surface area contributed by atoms with Crippen LogP contribution in [-0.2, 0) is 29.7 Å². The Hall–Kier alpha value is -3.07. The van der Waals surface area contributed by atoms with Crippen molar-refractivity contribution in [3.63, 3.8) is 0 Å². The van der Waals surface area contributed by atoms with Crippen molar-refractivity contribution in [3.8, 4) is 5.75 Å². The number of halogens is 1. The number of nitrogens with one attached hydrogen (secondary N) is 1. The lowest BCUT2D eigenvalue weighted by molar-refractivity contribution is -0.152. The van der Waals surface area contributed by atoms with Crippen molar-refractivity contribution in [1.29, 1.82) is 0 Å². The van der Waals surface area contributed by atoms with E-state index in [4.69, 9.17) is 21.1 Å². The zero-order valence-electron chi connectivity index (χ0n) is 17.0. The number of benzene rings is 1. The Morgan fingerprint density at radius 1 is 1.33 bits per heavy atom. The lowest BCUT2D eigenvalue weighted by atomic mass is 10.3. The Morgan fingerprint density at radius 2 is 2.10 bits per heavy atom. The van der Waals surface area contributed by atoms with Crippen molar-refractivity contribution in [3.05, 3.63) is 56.0 Å². The molecule has 0 aliphatic heterocycles. The van der Waals surface area contributed by atoms with Crippen LogP contribution < -0.4 is 16.0 Å². The van der Waals surface area contributed by atoms with E-state index in [-0.39, 0.29) is 17.8 Å². The van der Waals surface area contributed by atoms with Crippen LogP contribution in [0.3, 0.4) is 0 Å². The molecule has 0 saturated carbocycles. The maximum Gasteiger partial charge on any atom is 0.347 e. The van der Waals surface area contributed by atoms with Crippen molar-refractivity contribution in [2.75, 3.05) is 0 Å². The van der Waals surface area contributed by atoms with Gasteiger partial charge in [0.15, 0.2) is 17.3 Å². The van der Waals surface area contributed by atoms with Gasteiger partial charge < -0.3 is 14.0 Å². The number of esters is 1. The van der Waals surface area contributed by atoms with Gasteiger partial charge in [-0.15, -0.1) is 0 Å². The fraction of sp³-hybridized carbons (Fsp3) is 0.400. The van der Waals surface area contributed by atoms with Crippen molar-refractivity contribution < 1.29 is 14.3 Å². The van der Waals surface area contributed by atoms with Crippen LogP contribution >= 0.6 is 11.6 Å². The number of unbranched alkanes of at least 4 members (excludes halogenated alkanes) is 1. The third-order valence-corrected chi connectivity index (χ3v) is 4.86. The number of ether oxygens (including phenoxy) is 2. The van der Waals surface area contributed by atoms with Crippen LogP contribution in [0.25, 0.3) is 11.2 Å². The highest BCUT2D eigenvalue weighted by Gasteiger charge is 2.20. The molecule has 0 radical (unpaired) electrons. The monoisotopic (exact) mass is 434 g/mol. The minimum Gasteiger partial charge on any atom is -0.479 e. The van der Waals surface area contributed by atoms with Crippen LogP contribution in [-0.4, -0.2) is 31.2 Å². The Morgan fingerprint density at radius 3 is 2.80 bits per heavy atom. The van der Waals surface area contributed by atoms with Crippen LogP contribution in [0.5, 0.6) is 5.75 Å². The summed E-state index contributed by atoms with van der Waals surface area (Å²) in [5.74, 6) is 0.190. The summed E-state index contributed by atoms with van der Waals surface area (Å²) in [6.07, 6.45) is 0.777. The molecule has 0 aliphatic rings. The summed E-state index contributed by atoms with van der Waals surface area (Å²) in [6.45, 7) is 3.83. The number of aryl methyl sites for hydroxylation is 2. The molecule has 2 heterocycles. The zero-order valence-corrected chi connectivity index (χ0v) is 17.7. The summed E-state index contributed by atoms with van der Waals surface area (Å²) in [5, 5.41) is 0.493. The number of hydrogen-bond donors (Lipinski definition) is 1. The highest BCUT2D eigenvalue weighted by molar-refractivity contribution is 6.30. The number of H-pyrrole nitrogens is 1. The molecule has 160 valence electrons. The van der Waals surface area contributed by atoms with Crippen molar-refractivity contribution in [2.45, 2.75) is 45.9 Å². The van der Waals surface area contributed by atoms with Gasteiger partial charge in [0, 0.05) is 18.6 Å². The average molecular weight is 435 g/mol. The number of fused-ring (bicyclic) bond motifs is 1. The molecule has 0 amide bonds. The first kappa shape index (κ1) is 21.6. The summed E-state index contributed by atoms with van der Waals surface area (Å²) in [6, 6.07) is 6.69. The van der Waals surface area contributed by atoms with Crippen molar-refractivity contribution in [1.82, 2.24) is 19.1 Å². The predicted octanol–water partition coefficient (Wildman–Crippen LogP) is 2.39. The Bertz CT molecular complexity index is 1180. The summed E-state index contributed by atoms with van der Waals surface area (Å²) in [5.41, 5.74) is -0.520. The van der Waals surface area contributed by atoms with Gasteiger partial charge in [-0.05, 0) is 31.5 Å². The van der Waals surface area contributed by atoms with E-state index < -0.39 is 23.3 Å². The second kappa shape index (κ2) is 9.17. The van der Waals surface area contributed by atoms with E-state index in [1.54, 1.807) is 38.2 Å². The molecule has 30 heavy (non-hydrogen) atoms. The molecule has 0 bridgehead atoms. The molecule has 3 aromatic rings. The van der Waals surface area contributed by atoms with Crippen LogP contribution in [0, 0.1) is 0 Å². The smallest absolute Gasteiger partial charge is 0.347 e. The van der Waals surface area contributed by atoms with E-state index in [1.165, 1.54) is 9.13 Å². The highest BCUT2D eigenvalue weighted by Crippen LogP contribution is 2.19. The predicted molar refractivity (Wildman–Crippen MR) is 112 cm³/mol. The molecular formula is C20H23ClN4O5. The van der Waals surface area contributed by atoms with Crippen LogP contribution in [0.4, 0.5) is 0 Å². The van der Waals surface area contributed by atoms with E-state index in [0.717, 1.165) is 12.8 Å². The summed E-state index contributed by atoms with van der Waals surface area (Å²) < 4.78 is 13.8. The molecule has 9 nitrogen and oxygen atoms in total. The molecule has 1 atom stereocenters. The largest absolute Gasteiger partial charge is 0.479 e. The number of carbonyl (C=O) groups is 1. The molecule has 0 aliphatic carbocycles. The number of carbonyl (C=O) groups excluding carboxylic acids is 1. The lowest BCUT2D eigenvalue weighted by Crippen LogP contribution is -2.31. The average Bonchev–Trinajstić information content (AvgIpc) is 3.02. The first-order valence-electron chi connectivity index (χ1n) is 9.59. The van der Waals surface area contributed by atoms with Gasteiger partial charge in [-0.2, -0.15) is 0 Å². The molecule has 2 aromatic heterocycles. The first-order valence-corrected chi connectivity index (χ1v) is 9.97. The fourth-order valence-electron chi connectivity index (χ4n) is 2.99. The highest BCUT2D eigenvalue weighted by atomic mass is 35.5. The van der Waals surface area contributed by atoms with Gasteiger partial charge >= 0.3 is 11.7 Å². The van der Waals surface area contributed by atoms with Crippen molar-refractivity contribution >= 4 is 28.7 Å². The molecular weight excluding hydrogens is 412 g/mol. The van der Waals surface area contributed by atoms with E-state index in [0.29, 0.717) is 23.1 Å². The Balaban J connectivity index is 1.78. The molecule has 0 saturated heterocycles. The maximum absolute atomic E-state index is 12.3. The minimum absolute atomic E-state index is 0.172. The van der Waals surface area contributed by atoms with Crippen LogP contribution in [0.1, 0.15) is 32.5 Å². The van der Waals surface area contributed by atoms with Crippen molar-refractivity contribution in [2.24, 2.45) is 7.05 Å². The lowest BCUT2D eigenvalue weighted by Gasteiger charge is -2.14. The molecule has 0 fully saturated rings. The number of rotatable bonds is 8. The second-order valence-corrected chi connectivity index (χ2v) is 7.29. The molecule has 0 spiro atoms. The normalized spacial score (nSPS) is 12.1. The van der Waals surface area contributed by atoms with Gasteiger partial charge in [-0.25, -0.2) is 14.6 Å². The fourth-order valence-corrected chi connectivity index (χ4v) is 3.17. The molecule has 1 aromatic carbocycles. The second-order valence-electron chi connectivity index (χ2n) is 6.85. The van der Waals surface area contributed by atoms with Gasteiger partial charge in [0.1, 0.15) is 18.2 Å². The van der Waals surface area contributed by atoms with Crippen LogP contribution in [0.15, 0.2) is 33.9 Å². The van der Waals surface area contributed by atoms with Gasteiger partial charge in [0.05, 0.1) is 0 Å².